The molecule has 1 atom stereocenters. The van der Waals surface area contributed by atoms with Gasteiger partial charge in [-0.1, -0.05) is 25.4 Å². The number of imidazole rings is 1. The van der Waals surface area contributed by atoms with Crippen LogP contribution in [0.3, 0.4) is 0 Å². The molecule has 0 spiro atoms. The largest absolute Gasteiger partial charge is 0.497 e. The highest BCUT2D eigenvalue weighted by molar-refractivity contribution is 6.31. The van der Waals surface area contributed by atoms with Gasteiger partial charge in [0.25, 0.3) is 0 Å². The predicted molar refractivity (Wildman–Crippen MR) is 118 cm³/mol. The average molecular weight is 400 g/mol. The Kier molecular flexibility index (Phi) is 6.97. The molecule has 5 heteroatoms. The number of nitrogens with zero attached hydrogens (tertiary/aromatic N) is 3. The highest BCUT2D eigenvalue weighted by Crippen LogP contribution is 2.32. The minimum absolute atomic E-state index is 0.346. The van der Waals surface area contributed by atoms with Crippen LogP contribution in [0, 0.1) is 0 Å². The molecule has 3 rings (SSSR count). The monoisotopic (exact) mass is 399 g/mol. The van der Waals surface area contributed by atoms with Crippen molar-refractivity contribution in [2.24, 2.45) is 0 Å². The Morgan fingerprint density at radius 2 is 1.82 bits per heavy atom. The summed E-state index contributed by atoms with van der Waals surface area (Å²) in [5.41, 5.74) is 3.16. The van der Waals surface area contributed by atoms with Crippen LogP contribution in [0.25, 0.3) is 22.4 Å². The van der Waals surface area contributed by atoms with Crippen LogP contribution < -0.4 is 4.74 Å². The number of halogens is 1. The van der Waals surface area contributed by atoms with Crippen LogP contribution >= 0.6 is 11.6 Å². The Morgan fingerprint density at radius 3 is 2.46 bits per heavy atom. The number of aromatic nitrogens is 2. The minimum Gasteiger partial charge on any atom is -0.497 e. The van der Waals surface area contributed by atoms with Crippen molar-refractivity contribution in [2.75, 3.05) is 26.7 Å². The summed E-state index contributed by atoms with van der Waals surface area (Å²) in [5.74, 6) is 1.83. The summed E-state index contributed by atoms with van der Waals surface area (Å²) in [7, 11) is 1.68. The number of ether oxygens (including phenoxy) is 1. The number of rotatable bonds is 9. The Bertz CT molecular complexity index is 900. The Labute approximate surface area is 173 Å². The molecule has 28 heavy (non-hydrogen) atoms. The maximum atomic E-state index is 6.22. The zero-order valence-corrected chi connectivity index (χ0v) is 18.0. The smallest absolute Gasteiger partial charge is 0.141 e. The first kappa shape index (κ1) is 20.7. The van der Waals surface area contributed by atoms with Crippen molar-refractivity contribution in [3.05, 3.63) is 47.5 Å². The summed E-state index contributed by atoms with van der Waals surface area (Å²) >= 11 is 6.22. The summed E-state index contributed by atoms with van der Waals surface area (Å²) in [4.78, 5) is 7.40. The van der Waals surface area contributed by atoms with Gasteiger partial charge in [0.15, 0.2) is 0 Å². The first-order valence-corrected chi connectivity index (χ1v) is 10.5. The maximum absolute atomic E-state index is 6.22. The van der Waals surface area contributed by atoms with Gasteiger partial charge in [0.1, 0.15) is 11.6 Å². The Hall–Kier alpha value is -2.04. The molecule has 1 aromatic heterocycles. The van der Waals surface area contributed by atoms with Gasteiger partial charge in [-0.2, -0.15) is 0 Å². The van der Waals surface area contributed by atoms with E-state index in [1.165, 1.54) is 0 Å². The molecular formula is C23H30ClN3O. The van der Waals surface area contributed by atoms with Crippen molar-refractivity contribution in [2.45, 2.75) is 39.7 Å². The van der Waals surface area contributed by atoms with E-state index in [-0.39, 0.29) is 0 Å². The average Bonchev–Trinajstić information content (AvgIpc) is 3.09. The second-order valence-corrected chi connectivity index (χ2v) is 7.62. The molecule has 0 saturated carbocycles. The molecule has 3 aromatic rings. The molecule has 2 aromatic carbocycles. The molecule has 150 valence electrons. The van der Waals surface area contributed by atoms with Gasteiger partial charge in [-0.15, -0.1) is 0 Å². The van der Waals surface area contributed by atoms with E-state index in [2.05, 4.69) is 48.4 Å². The van der Waals surface area contributed by atoms with Gasteiger partial charge in [-0.3, -0.25) is 0 Å². The second-order valence-electron chi connectivity index (χ2n) is 7.19. The molecule has 0 bridgehead atoms. The van der Waals surface area contributed by atoms with Crippen molar-refractivity contribution in [3.8, 4) is 17.1 Å². The van der Waals surface area contributed by atoms with Crippen molar-refractivity contribution >= 4 is 22.6 Å². The van der Waals surface area contributed by atoms with E-state index in [4.69, 9.17) is 21.3 Å². The topological polar surface area (TPSA) is 30.3 Å². The lowest BCUT2D eigenvalue weighted by Gasteiger charge is -2.21. The number of hydrogen-bond acceptors (Lipinski definition) is 3. The third-order valence-corrected chi connectivity index (χ3v) is 5.67. The van der Waals surface area contributed by atoms with E-state index < -0.39 is 0 Å². The lowest BCUT2D eigenvalue weighted by Crippen LogP contribution is -2.24. The van der Waals surface area contributed by atoms with Crippen LogP contribution in [-0.2, 0) is 0 Å². The van der Waals surface area contributed by atoms with E-state index >= 15 is 0 Å². The van der Waals surface area contributed by atoms with E-state index in [0.717, 1.165) is 60.6 Å². The van der Waals surface area contributed by atoms with Crippen LogP contribution in [0.5, 0.6) is 5.75 Å². The molecular weight excluding hydrogens is 370 g/mol. The van der Waals surface area contributed by atoms with E-state index in [9.17, 15) is 0 Å². The van der Waals surface area contributed by atoms with Crippen LogP contribution in [0.4, 0.5) is 0 Å². The zero-order chi connectivity index (χ0) is 20.1. The fourth-order valence-electron chi connectivity index (χ4n) is 3.74. The summed E-state index contributed by atoms with van der Waals surface area (Å²) < 4.78 is 7.66. The van der Waals surface area contributed by atoms with Crippen molar-refractivity contribution in [1.82, 2.24) is 14.5 Å². The van der Waals surface area contributed by atoms with Gasteiger partial charge in [0, 0.05) is 16.6 Å². The fourth-order valence-corrected chi connectivity index (χ4v) is 3.91. The lowest BCUT2D eigenvalue weighted by atomic mass is 10.1. The summed E-state index contributed by atoms with van der Waals surface area (Å²) in [6.45, 7) is 10.1. The molecule has 0 aliphatic rings. The standard InChI is InChI=1S/C23H30ClN3O/c1-5-26(6-2)15-7-8-17(3)27-22-14-11-19(24)16-21(22)25-23(27)18-9-12-20(28-4)13-10-18/h9-14,16-17H,5-8,15H2,1-4H3/t17-/m1/s1. The first-order valence-electron chi connectivity index (χ1n) is 10.1. The number of methoxy groups -OCH3 is 1. The Balaban J connectivity index is 1.94. The number of hydrogen-bond donors (Lipinski definition) is 0. The maximum Gasteiger partial charge on any atom is 0.141 e. The quantitative estimate of drug-likeness (QED) is 0.438. The highest BCUT2D eigenvalue weighted by atomic mass is 35.5. The van der Waals surface area contributed by atoms with Gasteiger partial charge in [0.2, 0.25) is 0 Å². The molecule has 0 fully saturated rings. The zero-order valence-electron chi connectivity index (χ0n) is 17.3. The normalized spacial score (nSPS) is 12.6. The van der Waals surface area contributed by atoms with Crippen LogP contribution in [0.2, 0.25) is 5.02 Å². The Morgan fingerprint density at radius 1 is 1.11 bits per heavy atom. The van der Waals surface area contributed by atoms with Gasteiger partial charge < -0.3 is 14.2 Å². The third-order valence-electron chi connectivity index (χ3n) is 5.43. The van der Waals surface area contributed by atoms with Crippen LogP contribution in [-0.4, -0.2) is 41.2 Å². The molecule has 0 amide bonds. The molecule has 4 nitrogen and oxygen atoms in total. The number of fused-ring (bicyclic) bond motifs is 1. The van der Waals surface area contributed by atoms with Gasteiger partial charge in [-0.05, 0) is 81.9 Å². The highest BCUT2D eigenvalue weighted by Gasteiger charge is 2.18. The van der Waals surface area contributed by atoms with Gasteiger partial charge in [-0.25, -0.2) is 4.98 Å². The molecule has 1 heterocycles. The SMILES string of the molecule is CCN(CC)CCC[C@@H](C)n1c(-c2ccc(OC)cc2)nc2cc(Cl)ccc21. The molecule has 0 saturated heterocycles. The molecule has 0 aliphatic heterocycles. The fraction of sp³-hybridized carbons (Fsp3) is 0.435. The summed E-state index contributed by atoms with van der Waals surface area (Å²) in [6.07, 6.45) is 2.27. The predicted octanol–water partition coefficient (Wildman–Crippen LogP) is 6.05. The van der Waals surface area contributed by atoms with Gasteiger partial charge >= 0.3 is 0 Å². The first-order chi connectivity index (χ1) is 13.6. The molecule has 0 aliphatic carbocycles. The molecule has 0 unspecified atom stereocenters. The van der Waals surface area contributed by atoms with Crippen molar-refractivity contribution < 1.29 is 4.74 Å². The second kappa shape index (κ2) is 9.44. The third kappa shape index (κ3) is 4.50. The molecule has 0 radical (unpaired) electrons. The van der Waals surface area contributed by atoms with Crippen LogP contribution in [0.1, 0.15) is 39.7 Å². The van der Waals surface area contributed by atoms with E-state index in [1.54, 1.807) is 7.11 Å². The minimum atomic E-state index is 0.346. The summed E-state index contributed by atoms with van der Waals surface area (Å²) in [6, 6.07) is 14.4. The summed E-state index contributed by atoms with van der Waals surface area (Å²) in [5, 5.41) is 0.715. The van der Waals surface area contributed by atoms with Crippen molar-refractivity contribution in [1.29, 1.82) is 0 Å². The van der Waals surface area contributed by atoms with Crippen LogP contribution in [0.15, 0.2) is 42.5 Å². The van der Waals surface area contributed by atoms with E-state index in [1.807, 2.05) is 24.3 Å². The van der Waals surface area contributed by atoms with E-state index in [0.29, 0.717) is 11.1 Å². The van der Waals surface area contributed by atoms with Gasteiger partial charge in [0.05, 0.1) is 18.1 Å². The lowest BCUT2D eigenvalue weighted by molar-refractivity contribution is 0.289. The number of benzene rings is 2. The molecule has 0 N–H and O–H groups in total. The van der Waals surface area contributed by atoms with Crippen molar-refractivity contribution in [3.63, 3.8) is 0 Å².